The highest BCUT2D eigenvalue weighted by Crippen LogP contribution is 2.45. The molecule has 11 heavy (non-hydrogen) atoms. The highest BCUT2D eigenvalue weighted by molar-refractivity contribution is 7.53. The Kier molecular flexibility index (Phi) is 2.02. The van der Waals surface area contributed by atoms with Crippen LogP contribution in [0.3, 0.4) is 0 Å². The van der Waals surface area contributed by atoms with Crippen LogP contribution in [0.4, 0.5) is 0 Å². The second-order valence-corrected chi connectivity index (χ2v) is 4.16. The van der Waals surface area contributed by atoms with E-state index in [-0.39, 0.29) is 13.0 Å². The third kappa shape index (κ3) is 1.59. The summed E-state index contributed by atoms with van der Waals surface area (Å²) in [5, 5.41) is 9.01. The highest BCUT2D eigenvalue weighted by atomic mass is 31.2. The largest absolute Gasteiger partial charge is 0.338 e. The predicted octanol–water partition coefficient (Wildman–Crippen LogP) is -0.846. The molecule has 1 unspecified atom stereocenters. The predicted molar refractivity (Wildman–Crippen MR) is 33.9 cm³/mol. The van der Waals surface area contributed by atoms with Crippen LogP contribution in [0.15, 0.2) is 0 Å². The lowest BCUT2D eigenvalue weighted by atomic mass is 10.4. The molecule has 64 valence electrons. The summed E-state index contributed by atoms with van der Waals surface area (Å²) in [6, 6.07) is 0. The summed E-state index contributed by atoms with van der Waals surface area (Å²) in [7, 11) is -4.36. The van der Waals surface area contributed by atoms with E-state index in [1.807, 2.05) is 0 Å². The Morgan fingerprint density at radius 2 is 2.09 bits per heavy atom. The number of carbonyl (C=O) groups excluding carboxylic acids is 1. The fourth-order valence-corrected chi connectivity index (χ4v) is 1.84. The van der Waals surface area contributed by atoms with Crippen LogP contribution in [-0.4, -0.2) is 38.2 Å². The molecular formula is C4H8NO5P. The maximum Gasteiger partial charge on any atom is 0.338 e. The zero-order valence-electron chi connectivity index (χ0n) is 5.54. The van der Waals surface area contributed by atoms with Crippen LogP contribution in [0.5, 0.6) is 0 Å². The first-order valence-electron chi connectivity index (χ1n) is 2.98. The van der Waals surface area contributed by atoms with E-state index in [2.05, 4.69) is 0 Å². The molecule has 0 aromatic rings. The Hall–Kier alpha value is -0.420. The second-order valence-electron chi connectivity index (χ2n) is 2.35. The van der Waals surface area contributed by atoms with Crippen molar-refractivity contribution in [1.82, 2.24) is 5.06 Å². The van der Waals surface area contributed by atoms with Crippen molar-refractivity contribution in [1.29, 1.82) is 0 Å². The van der Waals surface area contributed by atoms with Crippen molar-refractivity contribution in [3.05, 3.63) is 0 Å². The fraction of sp³-hybridized carbons (Fsp3) is 0.750. The molecule has 6 nitrogen and oxygen atoms in total. The molecule has 0 spiro atoms. The molecule has 0 saturated carbocycles. The van der Waals surface area contributed by atoms with E-state index < -0.39 is 19.2 Å². The maximum absolute atomic E-state index is 10.7. The quantitative estimate of drug-likeness (QED) is 0.361. The normalized spacial score (nSPS) is 26.3. The SMILES string of the molecule is O=C1C(P(=O)(O)O)CCN1O. The zero-order valence-corrected chi connectivity index (χ0v) is 6.44. The molecule has 1 aliphatic rings. The van der Waals surface area contributed by atoms with Gasteiger partial charge in [-0.05, 0) is 6.42 Å². The van der Waals surface area contributed by atoms with Crippen LogP contribution in [-0.2, 0) is 9.36 Å². The van der Waals surface area contributed by atoms with Crippen molar-refractivity contribution >= 4 is 13.5 Å². The van der Waals surface area contributed by atoms with Gasteiger partial charge >= 0.3 is 7.60 Å². The third-order valence-corrected chi connectivity index (χ3v) is 2.85. The van der Waals surface area contributed by atoms with E-state index in [0.717, 1.165) is 0 Å². The average Bonchev–Trinajstić information content (AvgIpc) is 2.11. The van der Waals surface area contributed by atoms with Crippen LogP contribution in [0.1, 0.15) is 6.42 Å². The number of carbonyl (C=O) groups is 1. The van der Waals surface area contributed by atoms with Gasteiger partial charge in [-0.3, -0.25) is 14.6 Å². The first kappa shape index (κ1) is 8.67. The van der Waals surface area contributed by atoms with Crippen molar-refractivity contribution in [2.45, 2.75) is 12.1 Å². The van der Waals surface area contributed by atoms with Gasteiger partial charge in [-0.15, -0.1) is 0 Å². The number of nitrogens with zero attached hydrogens (tertiary/aromatic N) is 1. The number of amides is 1. The molecule has 1 heterocycles. The first-order chi connectivity index (χ1) is 4.93. The molecule has 3 N–H and O–H groups in total. The maximum atomic E-state index is 10.7. The standard InChI is InChI=1S/C4H8NO5P/c6-4-3(11(8,9)10)1-2-5(4)7/h3,7H,1-2H2,(H2,8,9,10). The smallest absolute Gasteiger partial charge is 0.324 e. The summed E-state index contributed by atoms with van der Waals surface area (Å²) in [6.45, 7) is -0.00535. The lowest BCUT2D eigenvalue weighted by Gasteiger charge is -2.09. The number of hydroxylamine groups is 2. The monoisotopic (exact) mass is 181 g/mol. The van der Waals surface area contributed by atoms with Gasteiger partial charge in [0.05, 0.1) is 0 Å². The van der Waals surface area contributed by atoms with Crippen molar-refractivity contribution in [3.8, 4) is 0 Å². The Labute approximate surface area is 62.5 Å². The van der Waals surface area contributed by atoms with Gasteiger partial charge in [-0.25, -0.2) is 5.06 Å². The van der Waals surface area contributed by atoms with Gasteiger partial charge in [0.2, 0.25) is 0 Å². The molecule has 1 fully saturated rings. The van der Waals surface area contributed by atoms with Crippen molar-refractivity contribution in [2.24, 2.45) is 0 Å². The van der Waals surface area contributed by atoms with Crippen LogP contribution in [0.2, 0.25) is 0 Å². The van der Waals surface area contributed by atoms with Crippen molar-refractivity contribution < 1.29 is 24.4 Å². The van der Waals surface area contributed by atoms with Gasteiger partial charge in [0.1, 0.15) is 5.66 Å². The molecular weight excluding hydrogens is 173 g/mol. The van der Waals surface area contributed by atoms with Gasteiger partial charge in [-0.1, -0.05) is 0 Å². The van der Waals surface area contributed by atoms with Gasteiger partial charge in [-0.2, -0.15) is 0 Å². The Morgan fingerprint density at radius 3 is 2.27 bits per heavy atom. The molecule has 1 saturated heterocycles. The van der Waals surface area contributed by atoms with E-state index in [4.69, 9.17) is 15.0 Å². The molecule has 0 aromatic heterocycles. The minimum Gasteiger partial charge on any atom is -0.324 e. The molecule has 0 aromatic carbocycles. The van der Waals surface area contributed by atoms with E-state index in [9.17, 15) is 9.36 Å². The minimum absolute atomic E-state index is 0.00535. The molecule has 1 rings (SSSR count). The summed E-state index contributed by atoms with van der Waals surface area (Å²) in [4.78, 5) is 27.9. The zero-order chi connectivity index (χ0) is 8.65. The third-order valence-electron chi connectivity index (χ3n) is 1.56. The van der Waals surface area contributed by atoms with E-state index in [1.165, 1.54) is 0 Å². The topological polar surface area (TPSA) is 98.1 Å². The van der Waals surface area contributed by atoms with E-state index in [0.29, 0.717) is 5.06 Å². The van der Waals surface area contributed by atoms with Crippen LogP contribution in [0, 0.1) is 0 Å². The molecule has 0 radical (unpaired) electrons. The highest BCUT2D eigenvalue weighted by Gasteiger charge is 2.42. The summed E-state index contributed by atoms with van der Waals surface area (Å²) in [6.07, 6.45) is 0.0135. The van der Waals surface area contributed by atoms with Crippen molar-refractivity contribution in [2.75, 3.05) is 6.54 Å². The van der Waals surface area contributed by atoms with Gasteiger partial charge in [0, 0.05) is 6.54 Å². The van der Waals surface area contributed by atoms with Gasteiger partial charge in [0.25, 0.3) is 5.91 Å². The summed E-state index contributed by atoms with van der Waals surface area (Å²) in [5.41, 5.74) is -1.34. The van der Waals surface area contributed by atoms with Crippen LogP contribution in [0.25, 0.3) is 0 Å². The van der Waals surface area contributed by atoms with E-state index in [1.54, 1.807) is 0 Å². The summed E-state index contributed by atoms with van der Waals surface area (Å²) in [5.74, 6) is -0.890. The molecule has 0 aliphatic carbocycles. The van der Waals surface area contributed by atoms with Crippen molar-refractivity contribution in [3.63, 3.8) is 0 Å². The lowest BCUT2D eigenvalue weighted by molar-refractivity contribution is -0.157. The average molecular weight is 181 g/mol. The minimum atomic E-state index is -4.36. The lowest BCUT2D eigenvalue weighted by Crippen LogP contribution is -2.26. The Morgan fingerprint density at radius 1 is 1.55 bits per heavy atom. The molecule has 1 atom stereocenters. The molecule has 1 aliphatic heterocycles. The van der Waals surface area contributed by atoms with Crippen LogP contribution >= 0.6 is 7.60 Å². The summed E-state index contributed by atoms with van der Waals surface area (Å²) >= 11 is 0. The molecule has 0 bridgehead atoms. The van der Waals surface area contributed by atoms with Gasteiger partial charge in [0.15, 0.2) is 0 Å². The number of hydrogen-bond donors (Lipinski definition) is 3. The van der Waals surface area contributed by atoms with Crippen LogP contribution < -0.4 is 0 Å². The molecule has 7 heteroatoms. The summed E-state index contributed by atoms with van der Waals surface area (Å²) < 4.78 is 10.5. The van der Waals surface area contributed by atoms with Gasteiger partial charge < -0.3 is 9.79 Å². The second kappa shape index (κ2) is 2.57. The fourth-order valence-electron chi connectivity index (χ4n) is 0.962. The Balaban J connectivity index is 2.78. The number of rotatable bonds is 1. The first-order valence-corrected chi connectivity index (χ1v) is 4.66. The van der Waals surface area contributed by atoms with E-state index >= 15 is 0 Å². The molecule has 1 amide bonds. The Bertz CT molecular complexity index is 223. The number of hydrogen-bond acceptors (Lipinski definition) is 3.